The zero-order chi connectivity index (χ0) is 17.7. The topological polar surface area (TPSA) is 66.5 Å². The molecule has 4 atom stereocenters. The van der Waals surface area contributed by atoms with Crippen molar-refractivity contribution in [2.75, 3.05) is 11.9 Å². The van der Waals surface area contributed by atoms with Gasteiger partial charge in [-0.1, -0.05) is 35.4 Å². The molecule has 2 aliphatic carbocycles. The molecule has 1 saturated heterocycles. The highest BCUT2D eigenvalue weighted by Gasteiger charge is 2.58. The lowest BCUT2D eigenvalue weighted by atomic mass is 9.85. The van der Waals surface area contributed by atoms with Crippen molar-refractivity contribution in [2.45, 2.75) is 12.8 Å². The fourth-order valence-corrected chi connectivity index (χ4v) is 4.49. The van der Waals surface area contributed by atoms with Gasteiger partial charge in [0.1, 0.15) is 0 Å². The summed E-state index contributed by atoms with van der Waals surface area (Å²) in [5, 5.41) is 3.45. The second-order valence-electron chi connectivity index (χ2n) is 6.76. The summed E-state index contributed by atoms with van der Waals surface area (Å²) < 4.78 is 0. The smallest absolute Gasteiger partial charge is 0.233 e. The van der Waals surface area contributed by atoms with Crippen LogP contribution in [0.15, 0.2) is 30.4 Å². The van der Waals surface area contributed by atoms with Gasteiger partial charge in [-0.05, 0) is 36.5 Å². The molecule has 1 saturated carbocycles. The Balaban J connectivity index is 1.37. The summed E-state index contributed by atoms with van der Waals surface area (Å²) in [5.74, 6) is -0.621. The second-order valence-corrected chi connectivity index (χ2v) is 7.57. The van der Waals surface area contributed by atoms with Gasteiger partial charge in [-0.25, -0.2) is 0 Å². The summed E-state index contributed by atoms with van der Waals surface area (Å²) in [5.41, 5.74) is 0.526. The number of hydrogen-bond donors (Lipinski definition) is 1. The van der Waals surface area contributed by atoms with Gasteiger partial charge in [-0.3, -0.25) is 19.3 Å². The number of nitrogens with zero attached hydrogens (tertiary/aromatic N) is 1. The first-order valence-corrected chi connectivity index (χ1v) is 9.00. The number of imide groups is 1. The van der Waals surface area contributed by atoms with Gasteiger partial charge in [0.2, 0.25) is 17.7 Å². The average Bonchev–Trinajstić information content (AvgIpc) is 3.24. The monoisotopic (exact) mass is 378 g/mol. The molecule has 4 rings (SSSR count). The molecular weight excluding hydrogens is 363 g/mol. The highest BCUT2D eigenvalue weighted by atomic mass is 35.5. The van der Waals surface area contributed by atoms with Crippen LogP contribution in [0.25, 0.3) is 0 Å². The van der Waals surface area contributed by atoms with Crippen LogP contribution in [-0.2, 0) is 14.4 Å². The molecule has 2 fully saturated rings. The normalized spacial score (nSPS) is 29.4. The van der Waals surface area contributed by atoms with E-state index in [9.17, 15) is 14.4 Å². The van der Waals surface area contributed by atoms with E-state index in [0.29, 0.717) is 15.7 Å². The van der Waals surface area contributed by atoms with E-state index in [1.807, 2.05) is 0 Å². The van der Waals surface area contributed by atoms with Gasteiger partial charge >= 0.3 is 0 Å². The molecule has 3 aliphatic rings. The predicted molar refractivity (Wildman–Crippen MR) is 94.1 cm³/mol. The first-order valence-electron chi connectivity index (χ1n) is 8.24. The highest BCUT2D eigenvalue weighted by Crippen LogP contribution is 2.52. The highest BCUT2D eigenvalue weighted by molar-refractivity contribution is 6.42. The van der Waals surface area contributed by atoms with Crippen molar-refractivity contribution < 1.29 is 14.4 Å². The van der Waals surface area contributed by atoms with E-state index in [1.165, 1.54) is 4.90 Å². The Labute approximate surface area is 155 Å². The molecule has 0 spiro atoms. The van der Waals surface area contributed by atoms with E-state index in [2.05, 4.69) is 17.5 Å². The number of allylic oxidation sites excluding steroid dienone is 2. The number of rotatable bonds is 4. The Kier molecular flexibility index (Phi) is 4.08. The zero-order valence-electron chi connectivity index (χ0n) is 13.2. The molecule has 0 aromatic heterocycles. The molecule has 25 heavy (non-hydrogen) atoms. The van der Waals surface area contributed by atoms with Crippen LogP contribution in [0.1, 0.15) is 12.8 Å². The summed E-state index contributed by atoms with van der Waals surface area (Å²) in [4.78, 5) is 38.5. The molecule has 1 heterocycles. The van der Waals surface area contributed by atoms with Crippen molar-refractivity contribution in [3.8, 4) is 0 Å². The molecule has 1 aromatic rings. The van der Waals surface area contributed by atoms with Crippen LogP contribution in [0.3, 0.4) is 0 Å². The average molecular weight is 379 g/mol. The first kappa shape index (κ1) is 16.6. The number of carbonyl (C=O) groups excluding carboxylic acids is 3. The van der Waals surface area contributed by atoms with Crippen molar-refractivity contribution in [3.63, 3.8) is 0 Å². The van der Waals surface area contributed by atoms with E-state index in [-0.39, 0.29) is 54.4 Å². The van der Waals surface area contributed by atoms with E-state index in [0.717, 1.165) is 6.42 Å². The number of amides is 3. The Morgan fingerprint density at radius 2 is 1.72 bits per heavy atom. The Morgan fingerprint density at radius 1 is 1.08 bits per heavy atom. The minimum atomic E-state index is -0.280. The van der Waals surface area contributed by atoms with E-state index >= 15 is 0 Å². The van der Waals surface area contributed by atoms with Crippen LogP contribution in [0.5, 0.6) is 0 Å². The van der Waals surface area contributed by atoms with Crippen molar-refractivity contribution in [3.05, 3.63) is 40.4 Å². The summed E-state index contributed by atoms with van der Waals surface area (Å²) in [6, 6.07) is 4.80. The molecule has 0 radical (unpaired) electrons. The number of halogens is 2. The number of hydrogen-bond acceptors (Lipinski definition) is 3. The van der Waals surface area contributed by atoms with Gasteiger partial charge in [0.05, 0.1) is 21.9 Å². The Morgan fingerprint density at radius 3 is 2.32 bits per heavy atom. The molecule has 2 bridgehead atoms. The summed E-state index contributed by atoms with van der Waals surface area (Å²) in [7, 11) is 0. The van der Waals surface area contributed by atoms with Crippen molar-refractivity contribution in [1.82, 2.24) is 4.90 Å². The fraction of sp³-hybridized carbons (Fsp3) is 0.389. The predicted octanol–water partition coefficient (Wildman–Crippen LogP) is 3.13. The standard InChI is InChI=1S/C18H16Cl2N2O3/c19-12-4-3-11(8-13(12)20)21-14(23)5-6-22-17(24)15-9-1-2-10(7-9)16(15)18(22)25/h1-4,8-10,15-16H,5-7H2,(H,21,23). The molecular formula is C18H16Cl2N2O3. The third kappa shape index (κ3) is 2.75. The summed E-state index contributed by atoms with van der Waals surface area (Å²) >= 11 is 11.8. The molecule has 1 aliphatic heterocycles. The van der Waals surface area contributed by atoms with Crippen LogP contribution >= 0.6 is 23.2 Å². The molecule has 1 aromatic carbocycles. The maximum Gasteiger partial charge on any atom is 0.233 e. The van der Waals surface area contributed by atoms with Gasteiger partial charge in [0, 0.05) is 18.7 Å². The lowest BCUT2D eigenvalue weighted by molar-refractivity contribution is -0.140. The third-order valence-electron chi connectivity index (χ3n) is 5.33. The quantitative estimate of drug-likeness (QED) is 0.646. The Bertz CT molecular complexity index is 778. The molecule has 4 unspecified atom stereocenters. The molecule has 1 N–H and O–H groups in total. The van der Waals surface area contributed by atoms with Gasteiger partial charge in [0.25, 0.3) is 0 Å². The van der Waals surface area contributed by atoms with Gasteiger partial charge in [0.15, 0.2) is 0 Å². The van der Waals surface area contributed by atoms with E-state index < -0.39 is 0 Å². The number of benzene rings is 1. The molecule has 5 nitrogen and oxygen atoms in total. The first-order chi connectivity index (χ1) is 12.0. The number of likely N-dealkylation sites (tertiary alicyclic amines) is 1. The van der Waals surface area contributed by atoms with Gasteiger partial charge in [-0.15, -0.1) is 0 Å². The van der Waals surface area contributed by atoms with Crippen molar-refractivity contribution >= 4 is 46.6 Å². The van der Waals surface area contributed by atoms with Crippen LogP contribution in [0.2, 0.25) is 10.0 Å². The molecule has 130 valence electrons. The Hall–Kier alpha value is -1.85. The van der Waals surface area contributed by atoms with Gasteiger partial charge in [-0.2, -0.15) is 0 Å². The number of anilines is 1. The zero-order valence-corrected chi connectivity index (χ0v) is 14.8. The fourth-order valence-electron chi connectivity index (χ4n) is 4.20. The summed E-state index contributed by atoms with van der Waals surface area (Å²) in [6.07, 6.45) is 5.06. The lowest BCUT2D eigenvalue weighted by Crippen LogP contribution is -2.35. The summed E-state index contributed by atoms with van der Waals surface area (Å²) in [6.45, 7) is 0.108. The van der Waals surface area contributed by atoms with Gasteiger partial charge < -0.3 is 5.32 Å². The van der Waals surface area contributed by atoms with Crippen LogP contribution in [0.4, 0.5) is 5.69 Å². The lowest BCUT2D eigenvalue weighted by Gasteiger charge is -2.17. The van der Waals surface area contributed by atoms with Crippen molar-refractivity contribution in [2.24, 2.45) is 23.7 Å². The number of nitrogens with one attached hydrogen (secondary N) is 1. The maximum atomic E-state index is 12.5. The largest absolute Gasteiger partial charge is 0.326 e. The van der Waals surface area contributed by atoms with E-state index in [1.54, 1.807) is 18.2 Å². The van der Waals surface area contributed by atoms with E-state index in [4.69, 9.17) is 23.2 Å². The van der Waals surface area contributed by atoms with Crippen LogP contribution in [-0.4, -0.2) is 29.2 Å². The number of carbonyl (C=O) groups is 3. The van der Waals surface area contributed by atoms with Crippen LogP contribution < -0.4 is 5.32 Å². The second kappa shape index (κ2) is 6.15. The van der Waals surface area contributed by atoms with Crippen LogP contribution in [0, 0.1) is 23.7 Å². The minimum Gasteiger partial charge on any atom is -0.326 e. The maximum absolute atomic E-state index is 12.5. The SMILES string of the molecule is O=C(CCN1C(=O)C2C3C=CC(C3)C2C1=O)Nc1ccc(Cl)c(Cl)c1. The minimum absolute atomic E-state index is 0.0555. The molecule has 7 heteroatoms. The van der Waals surface area contributed by atoms with Crippen molar-refractivity contribution in [1.29, 1.82) is 0 Å². The number of fused-ring (bicyclic) bond motifs is 5. The third-order valence-corrected chi connectivity index (χ3v) is 6.07. The molecule has 3 amide bonds.